The van der Waals surface area contributed by atoms with Crippen molar-refractivity contribution in [3.63, 3.8) is 0 Å². The topological polar surface area (TPSA) is 69.9 Å². The van der Waals surface area contributed by atoms with Crippen LogP contribution in [-0.4, -0.2) is 21.8 Å². The number of nitrogens with zero attached hydrogens (tertiary/aromatic N) is 1. The molecule has 0 fully saturated rings. The minimum Gasteiger partial charge on any atom is -0.507 e. The van der Waals surface area contributed by atoms with Gasteiger partial charge in [0.2, 0.25) is 0 Å². The van der Waals surface area contributed by atoms with Gasteiger partial charge in [-0.3, -0.25) is 4.79 Å². The fourth-order valence-electron chi connectivity index (χ4n) is 1.95. The Hall–Kier alpha value is -2.62. The average Bonchev–Trinajstić information content (AvgIpc) is 2.45. The summed E-state index contributed by atoms with van der Waals surface area (Å²) in [5.41, 5.74) is 2.05. The van der Waals surface area contributed by atoms with E-state index in [9.17, 15) is 9.90 Å². The Morgan fingerprint density at radius 3 is 2.45 bits per heavy atom. The molecule has 2 aromatic carbocycles. The molecule has 2 aromatic rings. The third-order valence-electron chi connectivity index (χ3n) is 3.01. The summed E-state index contributed by atoms with van der Waals surface area (Å²) in [4.78, 5) is 12.2. The number of aromatic hydroxyl groups is 1. The molecule has 0 atom stereocenters. The Morgan fingerprint density at radius 2 is 1.85 bits per heavy atom. The van der Waals surface area contributed by atoms with Gasteiger partial charge in [-0.1, -0.05) is 41.6 Å². The fourth-order valence-corrected chi connectivity index (χ4v) is 1.95. The van der Waals surface area contributed by atoms with Crippen molar-refractivity contribution in [2.45, 2.75) is 13.3 Å². The quantitative estimate of drug-likeness (QED) is 0.387. The van der Waals surface area contributed by atoms with Gasteiger partial charge in [-0.05, 0) is 30.2 Å². The van der Waals surface area contributed by atoms with Crippen molar-refractivity contribution in [2.24, 2.45) is 5.16 Å². The Bertz CT molecular complexity index is 648. The minimum atomic E-state index is -0.292. The van der Waals surface area contributed by atoms with E-state index in [0.29, 0.717) is 5.56 Å². The monoisotopic (exact) mass is 269 g/mol. The van der Waals surface area contributed by atoms with Crippen LogP contribution in [0.5, 0.6) is 5.75 Å². The van der Waals surface area contributed by atoms with Gasteiger partial charge >= 0.3 is 0 Å². The molecular formula is C16H15NO3. The molecule has 0 unspecified atom stereocenters. The zero-order chi connectivity index (χ0) is 14.5. The largest absolute Gasteiger partial charge is 0.507 e. The van der Waals surface area contributed by atoms with E-state index >= 15 is 0 Å². The van der Waals surface area contributed by atoms with Crippen LogP contribution in [0.1, 0.15) is 27.9 Å². The lowest BCUT2D eigenvalue weighted by atomic mass is 9.99. The maximum Gasteiger partial charge on any atom is 0.172 e. The van der Waals surface area contributed by atoms with E-state index in [1.54, 1.807) is 36.4 Å². The molecule has 0 bridgehead atoms. The molecular weight excluding hydrogens is 254 g/mol. The molecule has 0 aromatic heterocycles. The highest BCUT2D eigenvalue weighted by molar-refractivity contribution is 6.16. The zero-order valence-electron chi connectivity index (χ0n) is 11.1. The van der Waals surface area contributed by atoms with Crippen molar-refractivity contribution >= 4 is 11.5 Å². The van der Waals surface area contributed by atoms with Gasteiger partial charge in [-0.2, -0.15) is 0 Å². The van der Waals surface area contributed by atoms with Crippen LogP contribution in [0.4, 0.5) is 0 Å². The van der Waals surface area contributed by atoms with Crippen molar-refractivity contribution in [2.75, 3.05) is 0 Å². The molecule has 0 amide bonds. The number of oxime groups is 1. The predicted octanol–water partition coefficient (Wildman–Crippen LogP) is 3.15. The third-order valence-corrected chi connectivity index (χ3v) is 3.01. The smallest absolute Gasteiger partial charge is 0.172 e. The first-order chi connectivity index (χ1) is 9.61. The highest BCUT2D eigenvalue weighted by Crippen LogP contribution is 2.21. The van der Waals surface area contributed by atoms with Gasteiger partial charge < -0.3 is 10.3 Å². The molecule has 0 radical (unpaired) electrons. The second-order valence-electron chi connectivity index (χ2n) is 4.53. The molecule has 2 N–H and O–H groups in total. The van der Waals surface area contributed by atoms with Crippen molar-refractivity contribution in [3.05, 3.63) is 65.2 Å². The minimum absolute atomic E-state index is 0.0552. The number of benzene rings is 2. The number of hydrogen-bond donors (Lipinski definition) is 2. The lowest BCUT2D eigenvalue weighted by molar-refractivity contribution is 0.0997. The summed E-state index contributed by atoms with van der Waals surface area (Å²) in [5.74, 6) is -0.348. The van der Waals surface area contributed by atoms with Crippen LogP contribution >= 0.6 is 0 Å². The molecule has 20 heavy (non-hydrogen) atoms. The van der Waals surface area contributed by atoms with Crippen LogP contribution in [0.15, 0.2) is 53.7 Å². The number of carbonyl (C=O) groups is 1. The van der Waals surface area contributed by atoms with Crippen LogP contribution in [0.2, 0.25) is 0 Å². The number of phenols is 1. The van der Waals surface area contributed by atoms with E-state index in [1.165, 1.54) is 6.07 Å². The molecule has 0 saturated carbocycles. The fraction of sp³-hybridized carbons (Fsp3) is 0.125. The molecule has 2 rings (SSSR count). The predicted molar refractivity (Wildman–Crippen MR) is 76.6 cm³/mol. The van der Waals surface area contributed by atoms with Crippen molar-refractivity contribution in [3.8, 4) is 5.75 Å². The molecule has 4 nitrogen and oxygen atoms in total. The van der Waals surface area contributed by atoms with E-state index in [0.717, 1.165) is 5.56 Å². The summed E-state index contributed by atoms with van der Waals surface area (Å²) in [5, 5.41) is 22.0. The van der Waals surface area contributed by atoms with E-state index in [2.05, 4.69) is 5.16 Å². The molecule has 0 aliphatic rings. The summed E-state index contributed by atoms with van der Waals surface area (Å²) in [6.07, 6.45) is -0.0723. The van der Waals surface area contributed by atoms with E-state index < -0.39 is 0 Å². The Kier molecular flexibility index (Phi) is 4.15. The maximum atomic E-state index is 12.2. The van der Waals surface area contributed by atoms with E-state index in [4.69, 9.17) is 5.21 Å². The number of phenolic OH excluding ortho intramolecular Hbond substituents is 1. The van der Waals surface area contributed by atoms with E-state index in [1.807, 2.05) is 13.0 Å². The first kappa shape index (κ1) is 13.8. The third kappa shape index (κ3) is 3.03. The molecule has 0 spiro atoms. The number of aryl methyl sites for hydroxylation is 1. The first-order valence-corrected chi connectivity index (χ1v) is 6.21. The summed E-state index contributed by atoms with van der Waals surface area (Å²) in [6.45, 7) is 1.83. The van der Waals surface area contributed by atoms with Crippen molar-refractivity contribution < 1.29 is 15.1 Å². The standard InChI is InChI=1S/C16H15NO3/c1-11-7-8-13(15(18)9-11)16(19)10-14(17-20)12-5-3-2-4-6-12/h2-9,18,20H,10H2,1H3/b17-14-. The van der Waals surface area contributed by atoms with Crippen molar-refractivity contribution in [1.29, 1.82) is 0 Å². The normalized spacial score (nSPS) is 11.3. The number of rotatable bonds is 4. The molecule has 102 valence electrons. The molecule has 0 saturated heterocycles. The zero-order valence-corrected chi connectivity index (χ0v) is 11.1. The molecule has 0 aliphatic carbocycles. The van der Waals surface area contributed by atoms with Crippen LogP contribution in [0.25, 0.3) is 0 Å². The van der Waals surface area contributed by atoms with Crippen LogP contribution in [-0.2, 0) is 0 Å². The van der Waals surface area contributed by atoms with Crippen LogP contribution in [0, 0.1) is 6.92 Å². The van der Waals surface area contributed by atoms with Gasteiger partial charge in [0, 0.05) is 0 Å². The Morgan fingerprint density at radius 1 is 1.15 bits per heavy atom. The van der Waals surface area contributed by atoms with Crippen LogP contribution < -0.4 is 0 Å². The maximum absolute atomic E-state index is 12.2. The lowest BCUT2D eigenvalue weighted by Gasteiger charge is -2.06. The van der Waals surface area contributed by atoms with Gasteiger partial charge in [0.1, 0.15) is 5.75 Å². The second kappa shape index (κ2) is 6.02. The van der Waals surface area contributed by atoms with Gasteiger partial charge in [0.15, 0.2) is 5.78 Å². The van der Waals surface area contributed by atoms with E-state index in [-0.39, 0.29) is 29.2 Å². The summed E-state index contributed by atoms with van der Waals surface area (Å²) in [7, 11) is 0. The number of hydrogen-bond acceptors (Lipinski definition) is 4. The molecule has 0 heterocycles. The highest BCUT2D eigenvalue weighted by atomic mass is 16.4. The molecule has 0 aliphatic heterocycles. The van der Waals surface area contributed by atoms with Crippen molar-refractivity contribution in [1.82, 2.24) is 0 Å². The second-order valence-corrected chi connectivity index (χ2v) is 4.53. The first-order valence-electron chi connectivity index (χ1n) is 6.21. The van der Waals surface area contributed by atoms with Gasteiger partial charge in [-0.25, -0.2) is 0 Å². The highest BCUT2D eigenvalue weighted by Gasteiger charge is 2.15. The Labute approximate surface area is 117 Å². The number of carbonyl (C=O) groups excluding carboxylic acids is 1. The number of ketones is 1. The summed E-state index contributed by atoms with van der Waals surface area (Å²) in [6, 6.07) is 13.8. The van der Waals surface area contributed by atoms with Gasteiger partial charge in [0.05, 0.1) is 17.7 Å². The summed E-state index contributed by atoms with van der Waals surface area (Å²) >= 11 is 0. The van der Waals surface area contributed by atoms with Gasteiger partial charge in [-0.15, -0.1) is 0 Å². The summed E-state index contributed by atoms with van der Waals surface area (Å²) < 4.78 is 0. The SMILES string of the molecule is Cc1ccc(C(=O)C/C(=N/O)c2ccccc2)c(O)c1. The molecule has 4 heteroatoms. The van der Waals surface area contributed by atoms with Gasteiger partial charge in [0.25, 0.3) is 0 Å². The van der Waals surface area contributed by atoms with Crippen LogP contribution in [0.3, 0.4) is 0 Å². The average molecular weight is 269 g/mol. The lowest BCUT2D eigenvalue weighted by Crippen LogP contribution is -2.10. The number of Topliss-reactive ketones (excluding diaryl/α,β-unsaturated/α-hetero) is 1. The Balaban J connectivity index is 2.22.